The second-order valence-electron chi connectivity index (χ2n) is 10.3. The average molecular weight is 588 g/mol. The van der Waals surface area contributed by atoms with Crippen molar-refractivity contribution < 1.29 is 13.9 Å². The molecule has 2 aliphatic heterocycles. The van der Waals surface area contributed by atoms with Crippen LogP contribution >= 0.6 is 22.9 Å². The van der Waals surface area contributed by atoms with Gasteiger partial charge in [-0.05, 0) is 49.4 Å². The molecule has 9 heteroatoms. The van der Waals surface area contributed by atoms with Crippen molar-refractivity contribution in [3.8, 4) is 0 Å². The molecule has 2 aromatic heterocycles. The Hall–Kier alpha value is -3.88. The third kappa shape index (κ3) is 5.42. The van der Waals surface area contributed by atoms with E-state index in [4.69, 9.17) is 25.7 Å². The van der Waals surface area contributed by atoms with Gasteiger partial charge in [0.15, 0.2) is 10.7 Å². The number of nitrogens with zero attached hydrogens (tertiary/aromatic N) is 3. The fourth-order valence-corrected chi connectivity index (χ4v) is 6.46. The highest BCUT2D eigenvalue weighted by Gasteiger charge is 2.35. The van der Waals surface area contributed by atoms with Crippen molar-refractivity contribution in [1.29, 1.82) is 0 Å². The molecule has 0 radical (unpaired) electrons. The Balaban J connectivity index is 1.51. The highest BCUT2D eigenvalue weighted by molar-refractivity contribution is 7.07. The molecule has 1 saturated heterocycles. The van der Waals surface area contributed by atoms with Crippen LogP contribution in [0.2, 0.25) is 5.02 Å². The molecular weight excluding hydrogens is 558 g/mol. The second kappa shape index (κ2) is 11.5. The zero-order valence-electron chi connectivity index (χ0n) is 22.9. The van der Waals surface area contributed by atoms with Gasteiger partial charge in [0.25, 0.3) is 5.56 Å². The Bertz CT molecular complexity index is 1780. The molecule has 0 bridgehead atoms. The van der Waals surface area contributed by atoms with Crippen molar-refractivity contribution in [2.24, 2.45) is 10.9 Å². The molecule has 210 valence electrons. The fraction of sp³-hybridized carbons (Fsp3) is 0.281. The number of rotatable bonds is 6. The van der Waals surface area contributed by atoms with Gasteiger partial charge in [-0.15, -0.1) is 0 Å². The van der Waals surface area contributed by atoms with Crippen molar-refractivity contribution in [3.05, 3.63) is 114 Å². The quantitative estimate of drug-likeness (QED) is 0.282. The molecule has 2 aliphatic rings. The standard InChI is InChI=1S/C32H30ClN3O4S/c1-3-39-31(38)27-28(21-7-5-4-6-8-21)34-32-36(29(27)22-9-11-23(33)12-10-22)30(37)25(41-32)19-24-13-14-26(40-24)35-17-15-20(2)16-18-35/h4-14,19-20,29H,3,15-18H2,1-2H3/b25-19+/t29-/m1/s1. The first-order valence-electron chi connectivity index (χ1n) is 13.8. The summed E-state index contributed by atoms with van der Waals surface area (Å²) in [6, 6.07) is 19.8. The van der Waals surface area contributed by atoms with Gasteiger partial charge in [0.05, 0.1) is 28.5 Å². The second-order valence-corrected chi connectivity index (χ2v) is 11.8. The van der Waals surface area contributed by atoms with Gasteiger partial charge < -0.3 is 14.1 Å². The number of ether oxygens (including phenoxy) is 1. The Morgan fingerprint density at radius 3 is 2.54 bits per heavy atom. The van der Waals surface area contributed by atoms with Crippen LogP contribution in [-0.2, 0) is 9.53 Å². The number of hydrogen-bond donors (Lipinski definition) is 0. The van der Waals surface area contributed by atoms with Crippen LogP contribution in [0, 0.1) is 5.92 Å². The minimum atomic E-state index is -0.748. The molecule has 1 fully saturated rings. The summed E-state index contributed by atoms with van der Waals surface area (Å²) in [5.41, 5.74) is 2.02. The van der Waals surface area contributed by atoms with E-state index in [1.807, 2.05) is 54.6 Å². The molecular formula is C32H30ClN3O4S. The molecule has 4 aromatic rings. The molecule has 0 spiro atoms. The first-order valence-corrected chi connectivity index (χ1v) is 15.0. The molecule has 0 unspecified atom stereocenters. The Morgan fingerprint density at radius 1 is 1.10 bits per heavy atom. The molecule has 4 heterocycles. The number of carbonyl (C=O) groups excluding carboxylic acids is 1. The van der Waals surface area contributed by atoms with Gasteiger partial charge in [-0.2, -0.15) is 0 Å². The molecule has 2 aromatic carbocycles. The lowest BCUT2D eigenvalue weighted by Gasteiger charge is -2.29. The number of halogens is 1. The maximum Gasteiger partial charge on any atom is 0.338 e. The number of thiazole rings is 1. The Kier molecular flexibility index (Phi) is 7.69. The van der Waals surface area contributed by atoms with Crippen LogP contribution in [0.3, 0.4) is 0 Å². The lowest BCUT2D eigenvalue weighted by atomic mass is 9.93. The van der Waals surface area contributed by atoms with E-state index < -0.39 is 12.0 Å². The van der Waals surface area contributed by atoms with E-state index in [1.54, 1.807) is 29.7 Å². The molecule has 0 amide bonds. The Labute approximate surface area is 246 Å². The molecule has 41 heavy (non-hydrogen) atoms. The highest BCUT2D eigenvalue weighted by atomic mass is 35.5. The number of benzene rings is 2. The van der Waals surface area contributed by atoms with Gasteiger partial charge in [0.2, 0.25) is 0 Å². The molecule has 1 atom stereocenters. The van der Waals surface area contributed by atoms with E-state index in [2.05, 4.69) is 11.8 Å². The van der Waals surface area contributed by atoms with Crippen molar-refractivity contribution in [1.82, 2.24) is 4.57 Å². The number of aromatic nitrogens is 1. The number of furan rings is 1. The van der Waals surface area contributed by atoms with Crippen LogP contribution in [0.4, 0.5) is 5.88 Å². The van der Waals surface area contributed by atoms with E-state index in [0.29, 0.717) is 31.4 Å². The molecule has 7 nitrogen and oxygen atoms in total. The molecule has 0 saturated carbocycles. The number of hydrogen-bond acceptors (Lipinski definition) is 7. The van der Waals surface area contributed by atoms with Gasteiger partial charge in [-0.25, -0.2) is 9.79 Å². The predicted molar refractivity (Wildman–Crippen MR) is 162 cm³/mol. The first kappa shape index (κ1) is 27.3. The van der Waals surface area contributed by atoms with E-state index in [1.165, 1.54) is 11.3 Å². The Morgan fingerprint density at radius 2 is 1.83 bits per heavy atom. The van der Waals surface area contributed by atoms with E-state index in [9.17, 15) is 9.59 Å². The van der Waals surface area contributed by atoms with Crippen molar-refractivity contribution >= 4 is 46.6 Å². The number of esters is 1. The average Bonchev–Trinajstić information content (AvgIpc) is 3.58. The lowest BCUT2D eigenvalue weighted by molar-refractivity contribution is -0.138. The zero-order chi connectivity index (χ0) is 28.5. The van der Waals surface area contributed by atoms with Gasteiger partial charge in [-0.1, -0.05) is 72.3 Å². The summed E-state index contributed by atoms with van der Waals surface area (Å²) in [4.78, 5) is 35.1. The van der Waals surface area contributed by atoms with Crippen LogP contribution in [0.15, 0.2) is 86.5 Å². The lowest BCUT2D eigenvalue weighted by Crippen LogP contribution is -2.40. The first-order chi connectivity index (χ1) is 19.9. The van der Waals surface area contributed by atoms with Crippen LogP contribution in [0.1, 0.15) is 49.6 Å². The van der Waals surface area contributed by atoms with Crippen LogP contribution in [0.5, 0.6) is 0 Å². The van der Waals surface area contributed by atoms with Gasteiger partial charge in [0, 0.05) is 35.8 Å². The maximum atomic E-state index is 14.0. The number of carbonyl (C=O) groups is 1. The van der Waals surface area contributed by atoms with Crippen LogP contribution in [0.25, 0.3) is 11.8 Å². The minimum Gasteiger partial charge on any atom is -0.463 e. The molecule has 6 rings (SSSR count). The number of anilines is 1. The van der Waals surface area contributed by atoms with Gasteiger partial charge >= 0.3 is 5.97 Å². The van der Waals surface area contributed by atoms with Crippen molar-refractivity contribution in [3.63, 3.8) is 0 Å². The topological polar surface area (TPSA) is 77.0 Å². The monoisotopic (exact) mass is 587 g/mol. The van der Waals surface area contributed by atoms with Crippen molar-refractivity contribution in [2.45, 2.75) is 32.7 Å². The fourth-order valence-electron chi connectivity index (χ4n) is 5.35. The highest BCUT2D eigenvalue weighted by Crippen LogP contribution is 2.35. The van der Waals surface area contributed by atoms with E-state index >= 15 is 0 Å². The SMILES string of the molecule is CCOC(=O)C1=C(c2ccccc2)N=c2s/c(=C/c3ccc(N4CCC(C)CC4)o3)c(=O)n2[C@@H]1c1ccc(Cl)cc1. The summed E-state index contributed by atoms with van der Waals surface area (Å²) in [6.07, 6.45) is 4.02. The maximum absolute atomic E-state index is 14.0. The summed E-state index contributed by atoms with van der Waals surface area (Å²) in [5, 5.41) is 0.558. The molecule has 0 N–H and O–H groups in total. The summed E-state index contributed by atoms with van der Waals surface area (Å²) in [7, 11) is 0. The summed E-state index contributed by atoms with van der Waals surface area (Å²) in [6.45, 7) is 6.14. The summed E-state index contributed by atoms with van der Waals surface area (Å²) < 4.78 is 13.7. The van der Waals surface area contributed by atoms with Crippen LogP contribution < -0.4 is 19.8 Å². The van der Waals surface area contributed by atoms with Gasteiger partial charge in [-0.3, -0.25) is 9.36 Å². The normalized spacial score (nSPS) is 17.9. The van der Waals surface area contributed by atoms with E-state index in [0.717, 1.165) is 48.9 Å². The zero-order valence-corrected chi connectivity index (χ0v) is 24.5. The van der Waals surface area contributed by atoms with Crippen molar-refractivity contribution in [2.75, 3.05) is 24.6 Å². The largest absolute Gasteiger partial charge is 0.463 e. The third-order valence-electron chi connectivity index (χ3n) is 7.54. The smallest absolute Gasteiger partial charge is 0.338 e. The summed E-state index contributed by atoms with van der Waals surface area (Å²) in [5.74, 6) is 1.61. The third-order valence-corrected chi connectivity index (χ3v) is 8.78. The summed E-state index contributed by atoms with van der Waals surface area (Å²) >= 11 is 7.48. The minimum absolute atomic E-state index is 0.193. The van der Waals surface area contributed by atoms with Gasteiger partial charge in [0.1, 0.15) is 5.76 Å². The number of fused-ring (bicyclic) bond motifs is 1. The van der Waals surface area contributed by atoms with E-state index in [-0.39, 0.29) is 12.2 Å². The molecule has 0 aliphatic carbocycles. The predicted octanol–water partition coefficient (Wildman–Crippen LogP) is 5.42. The van der Waals surface area contributed by atoms with Crippen LogP contribution in [-0.4, -0.2) is 30.2 Å². The number of piperidine rings is 1.